The number of oxazole rings is 1. The molecule has 0 fully saturated rings. The third-order valence-electron chi connectivity index (χ3n) is 2.82. The summed E-state index contributed by atoms with van der Waals surface area (Å²) >= 11 is 0. The fourth-order valence-electron chi connectivity index (χ4n) is 1.69. The number of carbonyl (C=O) groups is 1. The van der Waals surface area contributed by atoms with Gasteiger partial charge in [-0.15, -0.1) is 0 Å². The van der Waals surface area contributed by atoms with Crippen LogP contribution in [0.15, 0.2) is 29.0 Å². The second-order valence-corrected chi connectivity index (χ2v) is 4.64. The van der Waals surface area contributed by atoms with Crippen molar-refractivity contribution in [2.75, 3.05) is 6.54 Å². The molecule has 1 aromatic heterocycles. The van der Waals surface area contributed by atoms with Gasteiger partial charge in [0.2, 0.25) is 0 Å². The van der Waals surface area contributed by atoms with E-state index in [0.717, 1.165) is 16.7 Å². The molecule has 17 heavy (non-hydrogen) atoms. The summed E-state index contributed by atoms with van der Waals surface area (Å²) in [5.41, 5.74) is 7.50. The largest absolute Gasteiger partial charge is 0.443 e. The van der Waals surface area contributed by atoms with E-state index in [9.17, 15) is 4.79 Å². The highest BCUT2D eigenvalue weighted by molar-refractivity contribution is 5.73. The molecule has 0 spiro atoms. The Kier molecular flexibility index (Phi) is 2.75. The number of rotatable bonds is 3. The van der Waals surface area contributed by atoms with Crippen LogP contribution in [-0.2, 0) is 5.41 Å². The minimum Gasteiger partial charge on any atom is -0.443 e. The minimum atomic E-state index is -0.515. The zero-order valence-corrected chi connectivity index (χ0v) is 9.86. The summed E-state index contributed by atoms with van der Waals surface area (Å²) < 4.78 is 5.26. The molecular weight excluding hydrogens is 218 g/mol. The molecule has 2 aromatic rings. The first kappa shape index (κ1) is 11.4. The van der Waals surface area contributed by atoms with Crippen LogP contribution in [0.3, 0.4) is 0 Å². The van der Waals surface area contributed by atoms with Crippen molar-refractivity contribution in [3.05, 3.63) is 30.2 Å². The van der Waals surface area contributed by atoms with Crippen LogP contribution in [0.1, 0.15) is 19.4 Å². The number of hydrogen-bond donors (Lipinski definition) is 2. The van der Waals surface area contributed by atoms with Gasteiger partial charge in [0.1, 0.15) is 5.52 Å². The van der Waals surface area contributed by atoms with Crippen LogP contribution < -0.4 is 11.1 Å². The normalized spacial score (nSPS) is 11.6. The Morgan fingerprint density at radius 1 is 1.53 bits per heavy atom. The van der Waals surface area contributed by atoms with Gasteiger partial charge in [-0.3, -0.25) is 0 Å². The number of urea groups is 1. The van der Waals surface area contributed by atoms with Crippen LogP contribution in [0.2, 0.25) is 0 Å². The van der Waals surface area contributed by atoms with Gasteiger partial charge in [0.15, 0.2) is 12.0 Å². The van der Waals surface area contributed by atoms with Crippen molar-refractivity contribution in [2.45, 2.75) is 19.3 Å². The number of benzene rings is 1. The van der Waals surface area contributed by atoms with Crippen LogP contribution in [0.5, 0.6) is 0 Å². The molecule has 2 amide bonds. The Labute approximate surface area is 99.0 Å². The van der Waals surface area contributed by atoms with E-state index in [2.05, 4.69) is 10.3 Å². The van der Waals surface area contributed by atoms with E-state index < -0.39 is 6.03 Å². The molecule has 0 aliphatic rings. The quantitative estimate of drug-likeness (QED) is 0.847. The van der Waals surface area contributed by atoms with Crippen LogP contribution in [0.25, 0.3) is 11.1 Å². The number of nitrogens with zero attached hydrogens (tertiary/aromatic N) is 1. The SMILES string of the molecule is CC(C)(CNC(N)=O)c1ccc2ncoc2c1. The maximum absolute atomic E-state index is 10.7. The van der Waals surface area contributed by atoms with E-state index in [1.807, 2.05) is 32.0 Å². The number of carbonyl (C=O) groups excluding carboxylic acids is 1. The number of primary amides is 1. The zero-order chi connectivity index (χ0) is 12.5. The molecule has 0 saturated heterocycles. The van der Waals surface area contributed by atoms with Gasteiger partial charge in [-0.05, 0) is 17.7 Å². The Balaban J connectivity index is 2.27. The topological polar surface area (TPSA) is 81.1 Å². The Morgan fingerprint density at radius 2 is 2.29 bits per heavy atom. The smallest absolute Gasteiger partial charge is 0.312 e. The molecule has 0 bridgehead atoms. The van der Waals surface area contributed by atoms with Gasteiger partial charge in [0.25, 0.3) is 0 Å². The molecule has 5 heteroatoms. The lowest BCUT2D eigenvalue weighted by molar-refractivity contribution is 0.246. The summed E-state index contributed by atoms with van der Waals surface area (Å²) in [6, 6.07) is 5.30. The van der Waals surface area contributed by atoms with Gasteiger partial charge < -0.3 is 15.5 Å². The predicted molar refractivity (Wildman–Crippen MR) is 64.6 cm³/mol. The molecule has 2 rings (SSSR count). The van der Waals surface area contributed by atoms with Gasteiger partial charge in [-0.2, -0.15) is 0 Å². The van der Waals surface area contributed by atoms with Crippen molar-refractivity contribution in [1.82, 2.24) is 10.3 Å². The van der Waals surface area contributed by atoms with Gasteiger partial charge in [0, 0.05) is 12.0 Å². The second-order valence-electron chi connectivity index (χ2n) is 4.64. The van der Waals surface area contributed by atoms with E-state index in [4.69, 9.17) is 10.2 Å². The van der Waals surface area contributed by atoms with Gasteiger partial charge >= 0.3 is 6.03 Å². The Bertz CT molecular complexity index is 545. The summed E-state index contributed by atoms with van der Waals surface area (Å²) in [7, 11) is 0. The maximum Gasteiger partial charge on any atom is 0.312 e. The lowest BCUT2D eigenvalue weighted by atomic mass is 9.84. The molecule has 1 aromatic carbocycles. The summed E-state index contributed by atoms with van der Waals surface area (Å²) in [6.45, 7) is 4.53. The van der Waals surface area contributed by atoms with Crippen molar-refractivity contribution < 1.29 is 9.21 Å². The zero-order valence-electron chi connectivity index (χ0n) is 9.86. The average Bonchev–Trinajstić information content (AvgIpc) is 2.73. The Hall–Kier alpha value is -2.04. The number of nitrogens with two attached hydrogens (primary N) is 1. The van der Waals surface area contributed by atoms with Crippen LogP contribution in [-0.4, -0.2) is 17.6 Å². The van der Waals surface area contributed by atoms with Gasteiger partial charge in [-0.1, -0.05) is 19.9 Å². The molecular formula is C12H15N3O2. The van der Waals surface area contributed by atoms with Crippen molar-refractivity contribution in [1.29, 1.82) is 0 Å². The highest BCUT2D eigenvalue weighted by Crippen LogP contribution is 2.25. The predicted octanol–water partition coefficient (Wildman–Crippen LogP) is 1.77. The van der Waals surface area contributed by atoms with Crippen molar-refractivity contribution >= 4 is 17.1 Å². The van der Waals surface area contributed by atoms with E-state index >= 15 is 0 Å². The fraction of sp³-hybridized carbons (Fsp3) is 0.333. The summed E-state index contributed by atoms with van der Waals surface area (Å²) in [4.78, 5) is 14.8. The van der Waals surface area contributed by atoms with Crippen LogP contribution in [0, 0.1) is 0 Å². The molecule has 5 nitrogen and oxygen atoms in total. The molecule has 90 valence electrons. The van der Waals surface area contributed by atoms with Crippen LogP contribution in [0.4, 0.5) is 4.79 Å². The third-order valence-corrected chi connectivity index (χ3v) is 2.82. The molecule has 3 N–H and O–H groups in total. The molecule has 1 heterocycles. The molecule has 0 unspecified atom stereocenters. The fourth-order valence-corrected chi connectivity index (χ4v) is 1.69. The number of aromatic nitrogens is 1. The average molecular weight is 233 g/mol. The number of fused-ring (bicyclic) bond motifs is 1. The first-order chi connectivity index (χ1) is 7.99. The molecule has 0 saturated carbocycles. The van der Waals surface area contributed by atoms with Gasteiger partial charge in [-0.25, -0.2) is 9.78 Å². The maximum atomic E-state index is 10.7. The summed E-state index contributed by atoms with van der Waals surface area (Å²) in [5, 5.41) is 2.62. The lowest BCUT2D eigenvalue weighted by Crippen LogP contribution is -2.39. The third kappa shape index (κ3) is 2.38. The first-order valence-corrected chi connectivity index (χ1v) is 5.36. The minimum absolute atomic E-state index is 0.212. The molecule has 0 aliphatic carbocycles. The monoisotopic (exact) mass is 233 g/mol. The standard InChI is InChI=1S/C12H15N3O2/c1-12(2,6-14-11(13)16)8-3-4-9-10(5-8)17-7-15-9/h3-5,7H,6H2,1-2H3,(H3,13,14,16). The summed E-state index contributed by atoms with van der Waals surface area (Å²) in [6.07, 6.45) is 1.42. The second kappa shape index (κ2) is 4.08. The van der Waals surface area contributed by atoms with Crippen molar-refractivity contribution in [2.24, 2.45) is 5.73 Å². The first-order valence-electron chi connectivity index (χ1n) is 5.36. The van der Waals surface area contributed by atoms with E-state index in [1.54, 1.807) is 0 Å². The summed E-state index contributed by atoms with van der Waals surface area (Å²) in [5.74, 6) is 0. The Morgan fingerprint density at radius 3 is 3.00 bits per heavy atom. The van der Waals surface area contributed by atoms with E-state index in [1.165, 1.54) is 6.39 Å². The van der Waals surface area contributed by atoms with Gasteiger partial charge in [0.05, 0.1) is 0 Å². The molecule has 0 atom stereocenters. The van der Waals surface area contributed by atoms with Crippen molar-refractivity contribution in [3.63, 3.8) is 0 Å². The van der Waals surface area contributed by atoms with E-state index in [0.29, 0.717) is 6.54 Å². The highest BCUT2D eigenvalue weighted by atomic mass is 16.3. The highest BCUT2D eigenvalue weighted by Gasteiger charge is 2.21. The van der Waals surface area contributed by atoms with Crippen molar-refractivity contribution in [3.8, 4) is 0 Å². The molecule has 0 aliphatic heterocycles. The van der Waals surface area contributed by atoms with Crippen LogP contribution >= 0.6 is 0 Å². The molecule has 0 radical (unpaired) electrons. The number of hydrogen-bond acceptors (Lipinski definition) is 3. The number of amides is 2. The van der Waals surface area contributed by atoms with E-state index in [-0.39, 0.29) is 5.41 Å². The number of nitrogens with one attached hydrogen (secondary N) is 1. The lowest BCUT2D eigenvalue weighted by Gasteiger charge is -2.25.